The molecule has 0 spiro atoms. The van der Waals surface area contributed by atoms with Crippen molar-refractivity contribution < 1.29 is 38.1 Å². The van der Waals surface area contributed by atoms with E-state index in [0.717, 1.165) is 109 Å². The van der Waals surface area contributed by atoms with Gasteiger partial charge in [-0.15, -0.1) is 0 Å². The standard InChI is InChI=1S/C35H29NO2.C33H25NO2.C24H23NO2.C23H21NO2/c1-4-35(37)38-34-23-21-33(22-24-34)36(31-17-13-29(14-18-31)27-9-5-25(2)6-10-27)32-19-15-30(16-20-32)28-11-7-26(3)8-12-28;1-2-33(35)36-32-23-21-31(22-24-32)34(29-17-13-27(14-18-29)25-9-5-3-6-10-25)30-19-15-28(16-20-30)26-11-7-4-8-12-26;1-17(2)24(26)27-23-13-11-20(12-14-23)25(21-9-5-7-18(3)15-21)22-10-6-8-19(4)16-22;1-4-23(25)26-22-13-7-12-21(16-22)24(19-10-5-8-17(2)14-19)20-11-6-9-18(3)15-20/h4-24H,1H2,2-3H3;2-24H,1H2;5-16H,1H2,2-4H3;4-16H,1H2,2-3H3. The summed E-state index contributed by atoms with van der Waals surface area (Å²) >= 11 is 0. The summed E-state index contributed by atoms with van der Waals surface area (Å²) in [5.41, 5.74) is 29.1. The summed E-state index contributed by atoms with van der Waals surface area (Å²) in [6.45, 7) is 28.1. The van der Waals surface area contributed by atoms with Gasteiger partial charge in [0.2, 0.25) is 0 Å². The molecule has 0 aromatic heterocycles. The molecular weight excluding hydrogens is 1570 g/mol. The first kappa shape index (κ1) is 88.3. The number of rotatable bonds is 24. The Morgan fingerprint density at radius 1 is 0.213 bits per heavy atom. The van der Waals surface area contributed by atoms with Crippen LogP contribution in [0, 0.1) is 41.5 Å². The fraction of sp³-hybridized carbons (Fsp3) is 0.0609. The maximum Gasteiger partial charge on any atom is 0.338 e. The van der Waals surface area contributed by atoms with Crippen LogP contribution in [0.25, 0.3) is 44.5 Å². The topological polar surface area (TPSA) is 118 Å². The number of nitrogens with zero attached hydrogens (tertiary/aromatic N) is 4. The molecule has 0 aliphatic rings. The quantitative estimate of drug-likeness (QED) is 0.0326. The van der Waals surface area contributed by atoms with Crippen LogP contribution in [-0.4, -0.2) is 23.9 Å². The summed E-state index contributed by atoms with van der Waals surface area (Å²) in [7, 11) is 0. The van der Waals surface area contributed by atoms with Crippen molar-refractivity contribution in [2.24, 2.45) is 0 Å². The zero-order valence-corrected chi connectivity index (χ0v) is 72.2. The van der Waals surface area contributed by atoms with Crippen LogP contribution in [0.2, 0.25) is 0 Å². The predicted molar refractivity (Wildman–Crippen MR) is 523 cm³/mol. The van der Waals surface area contributed by atoms with E-state index in [9.17, 15) is 19.2 Å². The molecule has 0 aliphatic carbocycles. The van der Waals surface area contributed by atoms with Gasteiger partial charge < -0.3 is 38.5 Å². The van der Waals surface area contributed by atoms with Crippen molar-refractivity contribution in [3.63, 3.8) is 0 Å². The number of carbonyl (C=O) groups is 4. The maximum absolute atomic E-state index is 11.7. The fourth-order valence-electron chi connectivity index (χ4n) is 14.2. The molecule has 12 nitrogen and oxygen atoms in total. The van der Waals surface area contributed by atoms with E-state index in [1.165, 1.54) is 55.6 Å². The number of ether oxygens (including phenoxy) is 4. The second-order valence-corrected chi connectivity index (χ2v) is 30.4. The number of esters is 4. The van der Waals surface area contributed by atoms with Gasteiger partial charge in [0.1, 0.15) is 23.0 Å². The minimum Gasteiger partial charge on any atom is -0.423 e. The molecular formula is C115H98N4O8. The van der Waals surface area contributed by atoms with Gasteiger partial charge in [-0.3, -0.25) is 0 Å². The van der Waals surface area contributed by atoms with E-state index in [4.69, 9.17) is 18.9 Å². The van der Waals surface area contributed by atoms with E-state index in [1.54, 1.807) is 49.4 Å². The highest BCUT2D eigenvalue weighted by molar-refractivity contribution is 5.90. The lowest BCUT2D eigenvalue weighted by atomic mass is 10.0. The van der Waals surface area contributed by atoms with Crippen molar-refractivity contribution in [2.45, 2.75) is 48.5 Å². The van der Waals surface area contributed by atoms with Crippen LogP contribution in [0.15, 0.2) is 450 Å². The first-order valence-electron chi connectivity index (χ1n) is 41.6. The van der Waals surface area contributed by atoms with Crippen molar-refractivity contribution >= 4 is 92.1 Å². The van der Waals surface area contributed by atoms with Crippen molar-refractivity contribution in [3.05, 3.63) is 484 Å². The van der Waals surface area contributed by atoms with E-state index in [-0.39, 0.29) is 0 Å². The number of aryl methyl sites for hydroxylation is 6. The van der Waals surface area contributed by atoms with Gasteiger partial charge in [0.05, 0.1) is 0 Å². The molecule has 0 N–H and O–H groups in total. The fourth-order valence-corrected chi connectivity index (χ4v) is 14.2. The van der Waals surface area contributed by atoms with E-state index < -0.39 is 23.9 Å². The van der Waals surface area contributed by atoms with Crippen LogP contribution in [-0.2, 0) is 19.2 Å². The first-order chi connectivity index (χ1) is 61.7. The van der Waals surface area contributed by atoms with Crippen molar-refractivity contribution in [2.75, 3.05) is 19.6 Å². The van der Waals surface area contributed by atoms with Gasteiger partial charge in [-0.1, -0.05) is 250 Å². The Morgan fingerprint density at radius 2 is 0.425 bits per heavy atom. The minimum atomic E-state index is -0.479. The van der Waals surface area contributed by atoms with Gasteiger partial charge >= 0.3 is 23.9 Å². The third-order valence-electron chi connectivity index (χ3n) is 20.6. The molecule has 0 fully saturated rings. The molecule has 0 unspecified atom stereocenters. The van der Waals surface area contributed by atoms with Crippen LogP contribution in [0.1, 0.15) is 40.3 Å². The number of benzene rings is 16. The Hall–Kier alpha value is -16.4. The zero-order chi connectivity index (χ0) is 89.1. The monoisotopic (exact) mass is 1660 g/mol. The molecule has 16 aromatic rings. The lowest BCUT2D eigenvalue weighted by Crippen LogP contribution is -2.11. The van der Waals surface area contributed by atoms with Gasteiger partial charge in [0, 0.05) is 98.1 Å². The summed E-state index contributed by atoms with van der Waals surface area (Å²) in [5, 5.41) is 0. The average molecular weight is 1660 g/mol. The lowest BCUT2D eigenvalue weighted by Gasteiger charge is -2.26. The van der Waals surface area contributed by atoms with E-state index in [0.29, 0.717) is 28.6 Å². The molecule has 0 aliphatic heterocycles. The Balaban J connectivity index is 0.000000147. The second kappa shape index (κ2) is 42.9. The molecule has 0 saturated carbocycles. The largest absolute Gasteiger partial charge is 0.423 e. The molecule has 0 bridgehead atoms. The molecule has 0 atom stereocenters. The molecule has 0 amide bonds. The summed E-state index contributed by atoms with van der Waals surface area (Å²) in [5.74, 6) is 0.0840. The molecule has 0 radical (unpaired) electrons. The summed E-state index contributed by atoms with van der Waals surface area (Å²) in [4.78, 5) is 55.2. The second-order valence-electron chi connectivity index (χ2n) is 30.4. The number of anilines is 12. The summed E-state index contributed by atoms with van der Waals surface area (Å²) < 4.78 is 21.1. The van der Waals surface area contributed by atoms with Gasteiger partial charge in [-0.05, 0) is 297 Å². The van der Waals surface area contributed by atoms with Crippen LogP contribution >= 0.6 is 0 Å². The number of carbonyl (C=O) groups excluding carboxylic acids is 4. The minimum absolute atomic E-state index is 0.375. The first-order valence-corrected chi connectivity index (χ1v) is 41.6. The highest BCUT2D eigenvalue weighted by atomic mass is 16.5. The van der Waals surface area contributed by atoms with E-state index in [1.807, 2.05) is 103 Å². The lowest BCUT2D eigenvalue weighted by molar-refractivity contribution is -0.130. The van der Waals surface area contributed by atoms with Gasteiger partial charge in [-0.2, -0.15) is 0 Å². The highest BCUT2D eigenvalue weighted by Crippen LogP contribution is 2.43. The number of hydrogen-bond acceptors (Lipinski definition) is 12. The zero-order valence-electron chi connectivity index (χ0n) is 72.2. The van der Waals surface area contributed by atoms with Crippen LogP contribution in [0.5, 0.6) is 23.0 Å². The summed E-state index contributed by atoms with van der Waals surface area (Å²) in [6.07, 6.45) is 3.47. The Morgan fingerprint density at radius 3 is 0.685 bits per heavy atom. The van der Waals surface area contributed by atoms with Gasteiger partial charge in [0.25, 0.3) is 0 Å². The molecule has 16 aromatic carbocycles. The Kier molecular flexibility index (Phi) is 29.8. The van der Waals surface area contributed by atoms with Crippen molar-refractivity contribution in [1.29, 1.82) is 0 Å². The summed E-state index contributed by atoms with van der Waals surface area (Å²) in [6, 6.07) is 135. The maximum atomic E-state index is 11.7. The van der Waals surface area contributed by atoms with Crippen LogP contribution in [0.3, 0.4) is 0 Å². The smallest absolute Gasteiger partial charge is 0.338 e. The number of hydrogen-bond donors (Lipinski definition) is 0. The van der Waals surface area contributed by atoms with Crippen molar-refractivity contribution in [3.8, 4) is 67.5 Å². The molecule has 626 valence electrons. The third-order valence-corrected chi connectivity index (χ3v) is 20.6. The van der Waals surface area contributed by atoms with Gasteiger partial charge in [0.15, 0.2) is 0 Å². The van der Waals surface area contributed by atoms with Crippen LogP contribution < -0.4 is 38.5 Å². The van der Waals surface area contributed by atoms with Gasteiger partial charge in [-0.25, -0.2) is 19.2 Å². The molecule has 0 heterocycles. The third kappa shape index (κ3) is 24.1. The van der Waals surface area contributed by atoms with Crippen LogP contribution in [0.4, 0.5) is 68.2 Å². The predicted octanol–water partition coefficient (Wildman–Crippen LogP) is 29.9. The Labute approximate surface area is 745 Å². The SMILES string of the molecule is C=C(C)C(=O)Oc1ccc(N(c2cccc(C)c2)c2cccc(C)c2)cc1.C=CC(=O)Oc1ccc(N(c2ccc(-c3ccc(C)cc3)cc2)c2ccc(-c3ccc(C)cc3)cc2)cc1.C=CC(=O)Oc1ccc(N(c2ccc(-c3ccccc3)cc2)c2ccc(-c3ccccc3)cc2)cc1.C=CC(=O)Oc1cccc(N(c2cccc(C)c2)c2cccc(C)c2)c1. The highest BCUT2D eigenvalue weighted by Gasteiger charge is 2.20. The molecule has 16 rings (SSSR count). The van der Waals surface area contributed by atoms with Crippen molar-refractivity contribution in [1.82, 2.24) is 0 Å². The average Bonchev–Trinajstić information content (AvgIpc) is 0.807. The normalized spacial score (nSPS) is 10.4. The molecule has 12 heteroatoms. The van der Waals surface area contributed by atoms with E-state index >= 15 is 0 Å². The molecule has 0 saturated heterocycles. The molecule has 127 heavy (non-hydrogen) atoms. The van der Waals surface area contributed by atoms with E-state index in [2.05, 4.69) is 342 Å². The Bertz CT molecular complexity index is 6200.